The average Bonchev–Trinajstić information content (AvgIpc) is 2.38. The molecule has 0 aromatic heterocycles. The van der Waals surface area contributed by atoms with Gasteiger partial charge in [-0.05, 0) is 66.7 Å². The summed E-state index contributed by atoms with van der Waals surface area (Å²) in [6.45, 7) is 10.7. The van der Waals surface area contributed by atoms with Crippen molar-refractivity contribution in [1.82, 2.24) is 0 Å². The Balaban J connectivity index is 4.01. The van der Waals surface area contributed by atoms with Gasteiger partial charge in [0.2, 0.25) is 0 Å². The second-order valence-corrected chi connectivity index (χ2v) is 6.12. The third kappa shape index (κ3) is 13.4. The lowest BCUT2D eigenvalue weighted by Gasteiger charge is -2.01. The van der Waals surface area contributed by atoms with Gasteiger partial charge in [-0.25, -0.2) is 0 Å². The standard InChI is InChI=1S/C20H32O/c1-17(2)9-6-10-18(3)11-7-12-19(4)13-8-14-20(5)15-16-21/h9,11,13-14,16H,6-8,10,12,15H2,1-5H3. The second kappa shape index (κ2) is 12.4. The van der Waals surface area contributed by atoms with Crippen LogP contribution in [0.4, 0.5) is 0 Å². The van der Waals surface area contributed by atoms with Gasteiger partial charge in [-0.15, -0.1) is 0 Å². The van der Waals surface area contributed by atoms with Crippen LogP contribution in [0, 0.1) is 0 Å². The molecule has 0 aromatic carbocycles. The summed E-state index contributed by atoms with van der Waals surface area (Å²) in [5.74, 6) is 0. The highest BCUT2D eigenvalue weighted by molar-refractivity contribution is 5.53. The van der Waals surface area contributed by atoms with Crippen LogP contribution in [0.5, 0.6) is 0 Å². The summed E-state index contributed by atoms with van der Waals surface area (Å²) < 4.78 is 0. The van der Waals surface area contributed by atoms with Crippen LogP contribution in [-0.4, -0.2) is 6.29 Å². The molecule has 0 aromatic rings. The Hall–Kier alpha value is -1.37. The summed E-state index contributed by atoms with van der Waals surface area (Å²) in [7, 11) is 0. The van der Waals surface area contributed by atoms with Crippen LogP contribution in [0.2, 0.25) is 0 Å². The number of allylic oxidation sites excluding steroid dienone is 8. The van der Waals surface area contributed by atoms with Crippen LogP contribution in [0.15, 0.2) is 46.6 Å². The van der Waals surface area contributed by atoms with Gasteiger partial charge >= 0.3 is 0 Å². The fourth-order valence-electron chi connectivity index (χ4n) is 2.01. The summed E-state index contributed by atoms with van der Waals surface area (Å²) in [6, 6.07) is 0. The molecule has 0 fully saturated rings. The van der Waals surface area contributed by atoms with E-state index in [1.807, 2.05) is 6.92 Å². The lowest BCUT2D eigenvalue weighted by Crippen LogP contribution is -1.81. The van der Waals surface area contributed by atoms with Crippen molar-refractivity contribution in [2.24, 2.45) is 0 Å². The van der Waals surface area contributed by atoms with Crippen LogP contribution in [-0.2, 0) is 4.79 Å². The Labute approximate surface area is 131 Å². The minimum Gasteiger partial charge on any atom is -0.303 e. The van der Waals surface area contributed by atoms with E-state index in [9.17, 15) is 4.79 Å². The topological polar surface area (TPSA) is 17.1 Å². The van der Waals surface area contributed by atoms with Crippen molar-refractivity contribution in [3.05, 3.63) is 46.6 Å². The van der Waals surface area contributed by atoms with Crippen LogP contribution in [0.25, 0.3) is 0 Å². The molecule has 1 nitrogen and oxygen atoms in total. The lowest BCUT2D eigenvalue weighted by molar-refractivity contribution is -0.107. The number of hydrogen-bond acceptors (Lipinski definition) is 1. The molecule has 0 rings (SSSR count). The maximum Gasteiger partial charge on any atom is 0.124 e. The summed E-state index contributed by atoms with van der Waals surface area (Å²) in [5, 5.41) is 0. The predicted molar refractivity (Wildman–Crippen MR) is 94.5 cm³/mol. The van der Waals surface area contributed by atoms with E-state index in [1.165, 1.54) is 23.1 Å². The minimum atomic E-state index is 0.556. The smallest absolute Gasteiger partial charge is 0.124 e. The molecule has 0 aliphatic heterocycles. The highest BCUT2D eigenvalue weighted by Gasteiger charge is 1.92. The van der Waals surface area contributed by atoms with Gasteiger partial charge in [-0.1, -0.05) is 46.6 Å². The Morgan fingerprint density at radius 1 is 0.714 bits per heavy atom. The Kier molecular flexibility index (Phi) is 11.6. The first-order chi connectivity index (χ1) is 9.95. The van der Waals surface area contributed by atoms with Crippen molar-refractivity contribution >= 4 is 6.29 Å². The molecule has 1 heteroatoms. The molecule has 0 bridgehead atoms. The van der Waals surface area contributed by atoms with Crippen molar-refractivity contribution in [2.45, 2.75) is 73.1 Å². The number of carbonyl (C=O) groups is 1. The molecule has 0 radical (unpaired) electrons. The summed E-state index contributed by atoms with van der Waals surface area (Å²) in [4.78, 5) is 10.4. The molecular weight excluding hydrogens is 256 g/mol. The van der Waals surface area contributed by atoms with Gasteiger partial charge < -0.3 is 4.79 Å². The van der Waals surface area contributed by atoms with Crippen molar-refractivity contribution in [3.63, 3.8) is 0 Å². The number of carbonyl (C=O) groups excluding carboxylic acids is 1. The predicted octanol–water partition coefficient (Wildman–Crippen LogP) is 6.33. The van der Waals surface area contributed by atoms with E-state index in [-0.39, 0.29) is 0 Å². The zero-order valence-corrected chi connectivity index (χ0v) is 14.5. The summed E-state index contributed by atoms with van der Waals surface area (Å²) in [6.07, 6.45) is 16.1. The van der Waals surface area contributed by atoms with Crippen LogP contribution < -0.4 is 0 Å². The Bertz CT molecular complexity index is 415. The van der Waals surface area contributed by atoms with Crippen LogP contribution in [0.1, 0.15) is 73.1 Å². The first-order valence-electron chi connectivity index (χ1n) is 7.99. The van der Waals surface area contributed by atoms with Crippen molar-refractivity contribution in [2.75, 3.05) is 0 Å². The Morgan fingerprint density at radius 2 is 1.24 bits per heavy atom. The van der Waals surface area contributed by atoms with Gasteiger partial charge in [0.05, 0.1) is 0 Å². The SMILES string of the molecule is CC(C)=CCCC(C)=CCCC(C)=CCC=C(C)CC=O. The van der Waals surface area contributed by atoms with E-state index in [0.717, 1.165) is 37.5 Å². The van der Waals surface area contributed by atoms with E-state index in [0.29, 0.717) is 6.42 Å². The first kappa shape index (κ1) is 19.6. The van der Waals surface area contributed by atoms with Crippen LogP contribution >= 0.6 is 0 Å². The van der Waals surface area contributed by atoms with Crippen molar-refractivity contribution in [3.8, 4) is 0 Å². The van der Waals surface area contributed by atoms with Crippen LogP contribution in [0.3, 0.4) is 0 Å². The van der Waals surface area contributed by atoms with Gasteiger partial charge in [0.1, 0.15) is 6.29 Å². The third-order valence-electron chi connectivity index (χ3n) is 3.46. The van der Waals surface area contributed by atoms with Gasteiger partial charge in [-0.2, -0.15) is 0 Å². The Morgan fingerprint density at radius 3 is 1.81 bits per heavy atom. The summed E-state index contributed by atoms with van der Waals surface area (Å²) >= 11 is 0. The monoisotopic (exact) mass is 288 g/mol. The number of hydrogen-bond donors (Lipinski definition) is 0. The summed E-state index contributed by atoms with van der Waals surface area (Å²) in [5.41, 5.74) is 5.48. The van der Waals surface area contributed by atoms with Crippen molar-refractivity contribution in [1.29, 1.82) is 0 Å². The average molecular weight is 288 g/mol. The molecule has 0 amide bonds. The van der Waals surface area contributed by atoms with Gasteiger partial charge in [-0.3, -0.25) is 0 Å². The minimum absolute atomic E-state index is 0.556. The molecule has 0 N–H and O–H groups in total. The quantitative estimate of drug-likeness (QED) is 0.339. The lowest BCUT2D eigenvalue weighted by atomic mass is 10.1. The van der Waals surface area contributed by atoms with Gasteiger partial charge in [0, 0.05) is 6.42 Å². The molecule has 21 heavy (non-hydrogen) atoms. The van der Waals surface area contributed by atoms with E-state index < -0.39 is 0 Å². The normalized spacial score (nSPS) is 13.3. The molecule has 0 aliphatic carbocycles. The molecule has 0 saturated carbocycles. The molecule has 0 heterocycles. The van der Waals surface area contributed by atoms with E-state index >= 15 is 0 Å². The van der Waals surface area contributed by atoms with E-state index in [2.05, 4.69) is 52.0 Å². The molecule has 0 aliphatic rings. The molecular formula is C20H32O. The first-order valence-corrected chi connectivity index (χ1v) is 7.99. The highest BCUT2D eigenvalue weighted by atomic mass is 16.1. The number of aldehydes is 1. The third-order valence-corrected chi connectivity index (χ3v) is 3.46. The van der Waals surface area contributed by atoms with E-state index in [1.54, 1.807) is 0 Å². The van der Waals surface area contributed by atoms with E-state index in [4.69, 9.17) is 0 Å². The second-order valence-electron chi connectivity index (χ2n) is 6.12. The maximum atomic E-state index is 10.4. The molecule has 118 valence electrons. The maximum absolute atomic E-state index is 10.4. The van der Waals surface area contributed by atoms with Gasteiger partial charge in [0.15, 0.2) is 0 Å². The number of rotatable bonds is 10. The zero-order valence-electron chi connectivity index (χ0n) is 14.5. The zero-order chi connectivity index (χ0) is 16.1. The van der Waals surface area contributed by atoms with Crippen molar-refractivity contribution < 1.29 is 4.79 Å². The fraction of sp³-hybridized carbons (Fsp3) is 0.550. The molecule has 0 unspecified atom stereocenters. The fourth-order valence-corrected chi connectivity index (χ4v) is 2.01. The molecule has 0 spiro atoms. The largest absolute Gasteiger partial charge is 0.303 e. The van der Waals surface area contributed by atoms with Gasteiger partial charge in [0.25, 0.3) is 0 Å². The highest BCUT2D eigenvalue weighted by Crippen LogP contribution is 2.12. The molecule has 0 saturated heterocycles. The molecule has 0 atom stereocenters.